The number of rotatable bonds is 1. The molecular formula is C9H5BrClIS. The van der Waals surface area contributed by atoms with Gasteiger partial charge in [0.15, 0.2) is 0 Å². The van der Waals surface area contributed by atoms with Gasteiger partial charge in [-0.05, 0) is 67.7 Å². The van der Waals surface area contributed by atoms with Gasteiger partial charge >= 0.3 is 0 Å². The largest absolute Gasteiger partial charge is 0.128 e. The molecule has 0 N–H and O–H groups in total. The van der Waals surface area contributed by atoms with Gasteiger partial charge in [-0.3, -0.25) is 0 Å². The second kappa shape index (κ2) is 4.04. The Hall–Kier alpha value is 0.680. The maximum absolute atomic E-state index is 5.88. The van der Waals surface area contributed by atoms with E-state index in [1.807, 2.05) is 0 Å². The van der Waals surface area contributed by atoms with Crippen LogP contribution in [0.25, 0.3) is 10.1 Å². The molecule has 0 aliphatic heterocycles. The molecule has 0 radical (unpaired) electrons. The molecule has 0 spiro atoms. The molecule has 4 heteroatoms. The van der Waals surface area contributed by atoms with Crippen LogP contribution < -0.4 is 0 Å². The van der Waals surface area contributed by atoms with Crippen LogP contribution in [-0.2, 0) is 5.88 Å². The fourth-order valence-electron chi connectivity index (χ4n) is 1.22. The maximum atomic E-state index is 5.88. The molecule has 0 amide bonds. The van der Waals surface area contributed by atoms with Crippen LogP contribution in [0.3, 0.4) is 0 Å². The molecule has 0 nitrogen and oxygen atoms in total. The van der Waals surface area contributed by atoms with Gasteiger partial charge in [-0.15, -0.1) is 22.9 Å². The first-order chi connectivity index (χ1) is 6.22. The van der Waals surface area contributed by atoms with Crippen molar-refractivity contribution in [2.45, 2.75) is 5.88 Å². The lowest BCUT2D eigenvalue weighted by Gasteiger charge is -1.94. The third-order valence-corrected chi connectivity index (χ3v) is 4.74. The Balaban J connectivity index is 2.80. The van der Waals surface area contributed by atoms with E-state index in [2.05, 4.69) is 56.7 Å². The number of halogens is 3. The highest BCUT2D eigenvalue weighted by Crippen LogP contribution is 2.36. The Kier molecular flexibility index (Phi) is 3.18. The average Bonchev–Trinajstić information content (AvgIpc) is 2.40. The van der Waals surface area contributed by atoms with Crippen molar-refractivity contribution >= 4 is 71.5 Å². The summed E-state index contributed by atoms with van der Waals surface area (Å²) in [7, 11) is 0. The summed E-state index contributed by atoms with van der Waals surface area (Å²) in [5.74, 6) is 0.570. The number of hydrogen-bond donors (Lipinski definition) is 0. The van der Waals surface area contributed by atoms with Gasteiger partial charge in [0.05, 0.1) is 3.79 Å². The van der Waals surface area contributed by atoms with Crippen molar-refractivity contribution in [1.82, 2.24) is 0 Å². The fraction of sp³-hybridized carbons (Fsp3) is 0.111. The zero-order valence-corrected chi connectivity index (χ0v) is 11.8. The molecule has 1 heterocycles. The van der Waals surface area contributed by atoms with E-state index in [0.717, 1.165) is 3.79 Å². The Morgan fingerprint density at radius 1 is 1.46 bits per heavy atom. The van der Waals surface area contributed by atoms with E-state index in [1.54, 1.807) is 11.3 Å². The summed E-state index contributed by atoms with van der Waals surface area (Å²) in [5, 5.41) is 1.28. The second-order valence-electron chi connectivity index (χ2n) is 2.63. The van der Waals surface area contributed by atoms with E-state index < -0.39 is 0 Å². The number of benzene rings is 1. The number of hydrogen-bond acceptors (Lipinski definition) is 1. The van der Waals surface area contributed by atoms with Gasteiger partial charge < -0.3 is 0 Å². The third-order valence-electron chi connectivity index (χ3n) is 1.84. The predicted octanol–water partition coefficient (Wildman–Crippen LogP) is 5.01. The van der Waals surface area contributed by atoms with Gasteiger partial charge in [0.1, 0.15) is 0 Å². The second-order valence-corrected chi connectivity index (χ2v) is 6.51. The van der Waals surface area contributed by atoms with Crippen molar-refractivity contribution in [2.75, 3.05) is 0 Å². The van der Waals surface area contributed by atoms with Crippen LogP contribution in [0.4, 0.5) is 0 Å². The minimum absolute atomic E-state index is 0.570. The molecule has 2 aromatic rings. The van der Waals surface area contributed by atoms with E-state index in [4.69, 9.17) is 11.6 Å². The van der Waals surface area contributed by atoms with E-state index in [0.29, 0.717) is 5.88 Å². The molecule has 0 fully saturated rings. The van der Waals surface area contributed by atoms with E-state index in [9.17, 15) is 0 Å². The maximum Gasteiger partial charge on any atom is 0.0755 e. The smallest absolute Gasteiger partial charge is 0.0755 e. The minimum Gasteiger partial charge on any atom is -0.128 e. The highest BCUT2D eigenvalue weighted by Gasteiger charge is 2.08. The van der Waals surface area contributed by atoms with Crippen LogP contribution in [-0.4, -0.2) is 0 Å². The Bertz CT molecular complexity index is 452. The number of alkyl halides is 1. The summed E-state index contributed by atoms with van der Waals surface area (Å²) < 4.78 is 3.70. The molecule has 2 rings (SSSR count). The van der Waals surface area contributed by atoms with Gasteiger partial charge in [-0.25, -0.2) is 0 Å². The SMILES string of the molecule is ClCc1c(Br)sc2ccc(I)cc12. The Morgan fingerprint density at radius 2 is 2.23 bits per heavy atom. The summed E-state index contributed by atoms with van der Waals surface area (Å²) in [6.45, 7) is 0. The number of fused-ring (bicyclic) bond motifs is 1. The van der Waals surface area contributed by atoms with E-state index >= 15 is 0 Å². The Morgan fingerprint density at radius 3 is 2.92 bits per heavy atom. The summed E-state index contributed by atoms with van der Waals surface area (Å²) in [6.07, 6.45) is 0. The highest BCUT2D eigenvalue weighted by molar-refractivity contribution is 14.1. The van der Waals surface area contributed by atoms with Gasteiger partial charge in [0, 0.05) is 14.2 Å². The zero-order chi connectivity index (χ0) is 9.42. The number of thiophene rings is 1. The molecular weight excluding hydrogens is 382 g/mol. The molecule has 68 valence electrons. The first-order valence-corrected chi connectivity index (χ1v) is 6.87. The van der Waals surface area contributed by atoms with Crippen LogP contribution in [0.15, 0.2) is 22.0 Å². The molecule has 0 atom stereocenters. The third kappa shape index (κ3) is 1.89. The quantitative estimate of drug-likeness (QED) is 0.477. The lowest BCUT2D eigenvalue weighted by atomic mass is 10.2. The lowest BCUT2D eigenvalue weighted by Crippen LogP contribution is -1.75. The summed E-state index contributed by atoms with van der Waals surface area (Å²) in [4.78, 5) is 0. The zero-order valence-electron chi connectivity index (χ0n) is 6.48. The van der Waals surface area contributed by atoms with Crippen molar-refractivity contribution in [3.8, 4) is 0 Å². The molecule has 0 aliphatic rings. The van der Waals surface area contributed by atoms with Crippen molar-refractivity contribution < 1.29 is 0 Å². The molecule has 1 aromatic carbocycles. The summed E-state index contributed by atoms with van der Waals surface area (Å²) in [5.41, 5.74) is 1.21. The van der Waals surface area contributed by atoms with Gasteiger partial charge in [0.2, 0.25) is 0 Å². The molecule has 0 saturated carbocycles. The molecule has 1 aromatic heterocycles. The van der Waals surface area contributed by atoms with Crippen LogP contribution in [0.2, 0.25) is 0 Å². The van der Waals surface area contributed by atoms with Gasteiger partial charge in [-0.2, -0.15) is 0 Å². The molecule has 0 aliphatic carbocycles. The predicted molar refractivity (Wildman–Crippen MR) is 71.8 cm³/mol. The summed E-state index contributed by atoms with van der Waals surface area (Å²) >= 11 is 13.5. The van der Waals surface area contributed by atoms with Crippen LogP contribution in [0, 0.1) is 3.57 Å². The lowest BCUT2D eigenvalue weighted by molar-refractivity contribution is 1.47. The standard InChI is InChI=1S/C9H5BrClIS/c10-9-7(4-11)6-3-5(12)1-2-8(6)13-9/h1-3H,4H2. The molecule has 13 heavy (non-hydrogen) atoms. The van der Waals surface area contributed by atoms with Crippen molar-refractivity contribution in [3.05, 3.63) is 31.1 Å². The fourth-order valence-corrected chi connectivity index (χ4v) is 4.03. The van der Waals surface area contributed by atoms with Gasteiger partial charge in [-0.1, -0.05) is 0 Å². The average molecular weight is 387 g/mol. The topological polar surface area (TPSA) is 0 Å². The van der Waals surface area contributed by atoms with E-state index in [1.165, 1.54) is 19.2 Å². The van der Waals surface area contributed by atoms with Crippen LogP contribution in [0.5, 0.6) is 0 Å². The van der Waals surface area contributed by atoms with Crippen molar-refractivity contribution in [3.63, 3.8) is 0 Å². The minimum atomic E-state index is 0.570. The molecule has 0 bridgehead atoms. The highest BCUT2D eigenvalue weighted by atomic mass is 127. The van der Waals surface area contributed by atoms with Crippen LogP contribution in [0.1, 0.15) is 5.56 Å². The molecule has 0 saturated heterocycles. The van der Waals surface area contributed by atoms with E-state index in [-0.39, 0.29) is 0 Å². The normalized spacial score (nSPS) is 11.0. The van der Waals surface area contributed by atoms with Crippen molar-refractivity contribution in [1.29, 1.82) is 0 Å². The van der Waals surface area contributed by atoms with Gasteiger partial charge in [0.25, 0.3) is 0 Å². The van der Waals surface area contributed by atoms with Crippen LogP contribution >= 0.6 is 61.5 Å². The van der Waals surface area contributed by atoms with Crippen molar-refractivity contribution in [2.24, 2.45) is 0 Å². The first-order valence-electron chi connectivity index (χ1n) is 3.65. The Labute approximate surface area is 108 Å². The molecule has 0 unspecified atom stereocenters. The monoisotopic (exact) mass is 386 g/mol. The summed E-state index contributed by atoms with van der Waals surface area (Å²) in [6, 6.07) is 6.43. The first kappa shape index (κ1) is 10.2.